The molecule has 1 saturated heterocycles. The Balaban J connectivity index is 1.82. The first-order valence-corrected chi connectivity index (χ1v) is 7.91. The smallest absolute Gasteiger partial charge is 0.257 e. The van der Waals surface area contributed by atoms with Crippen molar-refractivity contribution >= 4 is 17.0 Å². The van der Waals surface area contributed by atoms with Crippen LogP contribution in [0.1, 0.15) is 35.8 Å². The molecule has 6 heteroatoms. The highest BCUT2D eigenvalue weighted by atomic mass is 16.5. The molecule has 0 aliphatic carbocycles. The molecule has 2 aromatic heterocycles. The van der Waals surface area contributed by atoms with E-state index >= 15 is 0 Å². The second-order valence-electron chi connectivity index (χ2n) is 5.88. The molecule has 0 spiro atoms. The Kier molecular flexibility index (Phi) is 4.38. The van der Waals surface area contributed by atoms with Crippen molar-refractivity contribution < 1.29 is 9.32 Å². The van der Waals surface area contributed by atoms with Gasteiger partial charge in [0.05, 0.1) is 16.6 Å². The molecule has 1 atom stereocenters. The molecular weight excluding hydrogens is 280 g/mol. The van der Waals surface area contributed by atoms with Crippen molar-refractivity contribution in [1.82, 2.24) is 20.4 Å². The summed E-state index contributed by atoms with van der Waals surface area (Å²) in [4.78, 5) is 18.9. The summed E-state index contributed by atoms with van der Waals surface area (Å²) in [6.07, 6.45) is 4.59. The molecule has 1 unspecified atom stereocenters. The summed E-state index contributed by atoms with van der Waals surface area (Å²) in [5.74, 6) is 0.583. The Hall–Kier alpha value is -1.95. The summed E-state index contributed by atoms with van der Waals surface area (Å²) in [5, 5.41) is 8.04. The van der Waals surface area contributed by atoms with E-state index in [1.165, 1.54) is 6.42 Å². The number of carbonyl (C=O) groups excluding carboxylic acids is 1. The van der Waals surface area contributed by atoms with E-state index in [4.69, 9.17) is 4.52 Å². The number of carbonyl (C=O) groups is 1. The summed E-state index contributed by atoms with van der Waals surface area (Å²) in [6.45, 7) is 4.59. The van der Waals surface area contributed by atoms with Crippen LogP contribution in [0, 0.1) is 5.92 Å². The van der Waals surface area contributed by atoms with Gasteiger partial charge in [0.25, 0.3) is 11.6 Å². The van der Waals surface area contributed by atoms with E-state index in [1.54, 1.807) is 6.20 Å². The number of rotatable bonds is 4. The Bertz CT molecular complexity index is 665. The summed E-state index contributed by atoms with van der Waals surface area (Å²) in [6, 6.07) is 1.86. The molecule has 3 rings (SSSR count). The van der Waals surface area contributed by atoms with Gasteiger partial charge < -0.3 is 14.7 Å². The van der Waals surface area contributed by atoms with Gasteiger partial charge in [-0.3, -0.25) is 4.79 Å². The molecule has 1 amide bonds. The van der Waals surface area contributed by atoms with Crippen molar-refractivity contribution in [3.63, 3.8) is 0 Å². The van der Waals surface area contributed by atoms with Crippen molar-refractivity contribution in [2.75, 3.05) is 26.7 Å². The van der Waals surface area contributed by atoms with Gasteiger partial charge in [-0.1, -0.05) is 12.1 Å². The maximum absolute atomic E-state index is 12.7. The second kappa shape index (κ2) is 6.44. The normalized spacial score (nSPS) is 18.8. The summed E-state index contributed by atoms with van der Waals surface area (Å²) in [7, 11) is 1.96. The molecule has 0 aromatic carbocycles. The quantitative estimate of drug-likeness (QED) is 0.933. The molecule has 118 valence electrons. The van der Waals surface area contributed by atoms with Crippen LogP contribution in [0.2, 0.25) is 0 Å². The largest absolute Gasteiger partial charge is 0.338 e. The van der Waals surface area contributed by atoms with E-state index in [-0.39, 0.29) is 5.91 Å². The molecule has 1 N–H and O–H groups in total. The lowest BCUT2D eigenvalue weighted by atomic mass is 9.97. The first-order chi connectivity index (χ1) is 10.7. The maximum atomic E-state index is 12.7. The van der Waals surface area contributed by atoms with E-state index in [9.17, 15) is 4.79 Å². The number of nitrogens with zero attached hydrogens (tertiary/aromatic N) is 3. The fourth-order valence-corrected chi connectivity index (χ4v) is 3.14. The number of hydrogen-bond acceptors (Lipinski definition) is 5. The van der Waals surface area contributed by atoms with Crippen LogP contribution in [0.15, 0.2) is 16.8 Å². The van der Waals surface area contributed by atoms with Crippen LogP contribution in [-0.4, -0.2) is 47.6 Å². The summed E-state index contributed by atoms with van der Waals surface area (Å²) >= 11 is 0. The first kappa shape index (κ1) is 15.0. The highest BCUT2D eigenvalue weighted by molar-refractivity contribution is 5.97. The number of likely N-dealkylation sites (tertiary alicyclic amines) is 1. The number of aryl methyl sites for hydroxylation is 1. The van der Waals surface area contributed by atoms with E-state index in [0.717, 1.165) is 43.6 Å². The zero-order valence-electron chi connectivity index (χ0n) is 13.1. The SMILES string of the molecule is CCc1noc2ncc(C(=O)N3CCCC(CNC)C3)cc12. The molecule has 0 radical (unpaired) electrons. The molecule has 1 fully saturated rings. The standard InChI is InChI=1S/C16H22N4O2/c1-3-14-13-7-12(9-18-15(13)22-19-14)16(21)20-6-4-5-11(10-20)8-17-2/h7,9,11,17H,3-6,8,10H2,1-2H3. The molecule has 6 nitrogen and oxygen atoms in total. The van der Waals surface area contributed by atoms with E-state index < -0.39 is 0 Å². The molecule has 0 bridgehead atoms. The van der Waals surface area contributed by atoms with Gasteiger partial charge in [0.15, 0.2) is 0 Å². The number of aromatic nitrogens is 2. The molecule has 2 aromatic rings. The average Bonchev–Trinajstić information content (AvgIpc) is 2.97. The lowest BCUT2D eigenvalue weighted by molar-refractivity contribution is 0.0674. The van der Waals surface area contributed by atoms with E-state index in [2.05, 4.69) is 15.5 Å². The van der Waals surface area contributed by atoms with Crippen LogP contribution in [-0.2, 0) is 6.42 Å². The maximum Gasteiger partial charge on any atom is 0.257 e. The predicted octanol–water partition coefficient (Wildman–Crippen LogP) is 1.86. The molecular formula is C16H22N4O2. The third-order valence-corrected chi connectivity index (χ3v) is 4.29. The first-order valence-electron chi connectivity index (χ1n) is 7.91. The average molecular weight is 302 g/mol. The Morgan fingerprint density at radius 1 is 1.55 bits per heavy atom. The highest BCUT2D eigenvalue weighted by Gasteiger charge is 2.25. The van der Waals surface area contributed by atoms with Crippen LogP contribution in [0.25, 0.3) is 11.1 Å². The van der Waals surface area contributed by atoms with Crippen molar-refractivity contribution in [2.24, 2.45) is 5.92 Å². The molecule has 3 heterocycles. The molecule has 0 saturated carbocycles. The lowest BCUT2D eigenvalue weighted by Crippen LogP contribution is -2.42. The number of hydrogen-bond donors (Lipinski definition) is 1. The fourth-order valence-electron chi connectivity index (χ4n) is 3.14. The van der Waals surface area contributed by atoms with Gasteiger partial charge in [0, 0.05) is 19.3 Å². The monoisotopic (exact) mass is 302 g/mol. The summed E-state index contributed by atoms with van der Waals surface area (Å²) in [5.41, 5.74) is 1.97. The van der Waals surface area contributed by atoms with Crippen molar-refractivity contribution in [3.8, 4) is 0 Å². The van der Waals surface area contributed by atoms with Gasteiger partial charge in [-0.25, -0.2) is 4.98 Å². The number of amides is 1. The van der Waals surface area contributed by atoms with Crippen LogP contribution < -0.4 is 5.32 Å². The summed E-state index contributed by atoms with van der Waals surface area (Å²) < 4.78 is 5.17. The van der Waals surface area contributed by atoms with Gasteiger partial charge in [-0.15, -0.1) is 0 Å². The third kappa shape index (κ3) is 2.83. The number of pyridine rings is 1. The molecule has 22 heavy (non-hydrogen) atoms. The third-order valence-electron chi connectivity index (χ3n) is 4.29. The van der Waals surface area contributed by atoms with Gasteiger partial charge in [-0.2, -0.15) is 0 Å². The Morgan fingerprint density at radius 3 is 3.18 bits per heavy atom. The van der Waals surface area contributed by atoms with E-state index in [1.807, 2.05) is 24.9 Å². The molecule has 1 aliphatic heterocycles. The minimum atomic E-state index is 0.0541. The van der Waals surface area contributed by atoms with Crippen LogP contribution in [0.5, 0.6) is 0 Å². The van der Waals surface area contributed by atoms with Gasteiger partial charge in [0.1, 0.15) is 0 Å². The highest BCUT2D eigenvalue weighted by Crippen LogP contribution is 2.21. The zero-order chi connectivity index (χ0) is 15.5. The molecule has 1 aliphatic rings. The lowest BCUT2D eigenvalue weighted by Gasteiger charge is -2.32. The van der Waals surface area contributed by atoms with E-state index in [0.29, 0.717) is 17.2 Å². The number of nitrogens with one attached hydrogen (secondary N) is 1. The number of piperidine rings is 1. The van der Waals surface area contributed by atoms with Crippen molar-refractivity contribution in [2.45, 2.75) is 26.2 Å². The van der Waals surface area contributed by atoms with Crippen LogP contribution in [0.3, 0.4) is 0 Å². The second-order valence-corrected chi connectivity index (χ2v) is 5.88. The van der Waals surface area contributed by atoms with Crippen LogP contribution >= 0.6 is 0 Å². The fraction of sp³-hybridized carbons (Fsp3) is 0.562. The van der Waals surface area contributed by atoms with Gasteiger partial charge >= 0.3 is 0 Å². The minimum Gasteiger partial charge on any atom is -0.338 e. The van der Waals surface area contributed by atoms with Gasteiger partial charge in [0.2, 0.25) is 0 Å². The van der Waals surface area contributed by atoms with Gasteiger partial charge in [-0.05, 0) is 44.8 Å². The number of fused-ring (bicyclic) bond motifs is 1. The van der Waals surface area contributed by atoms with Crippen LogP contribution in [0.4, 0.5) is 0 Å². The van der Waals surface area contributed by atoms with Crippen molar-refractivity contribution in [1.29, 1.82) is 0 Å². The zero-order valence-corrected chi connectivity index (χ0v) is 13.1. The Morgan fingerprint density at radius 2 is 2.41 bits per heavy atom. The predicted molar refractivity (Wildman–Crippen MR) is 83.7 cm³/mol. The minimum absolute atomic E-state index is 0.0541. The topological polar surface area (TPSA) is 71.3 Å². The van der Waals surface area contributed by atoms with Crippen molar-refractivity contribution in [3.05, 3.63) is 23.5 Å². The Labute approximate surface area is 129 Å².